The molecule has 64 valence electrons. The largest absolute Gasteiger partial charge is 1.00 e. The maximum atomic E-state index is 10.1. The predicted molar refractivity (Wildman–Crippen MR) is 40.4 cm³/mol. The Morgan fingerprint density at radius 2 is 1.27 bits per heavy atom. The van der Waals surface area contributed by atoms with Crippen molar-refractivity contribution >= 4 is 19.7 Å². The van der Waals surface area contributed by atoms with Gasteiger partial charge in [0, 0.05) is 10.7 Å². The van der Waals surface area contributed by atoms with Crippen LogP contribution in [0.1, 0.15) is 20.8 Å². The molecule has 6 heteroatoms. The summed E-state index contributed by atoms with van der Waals surface area (Å²) >= 11 is 0. The van der Waals surface area contributed by atoms with E-state index in [1.807, 2.05) is 0 Å². The van der Waals surface area contributed by atoms with E-state index in [0.29, 0.717) is 0 Å². The smallest absolute Gasteiger partial charge is 0.850 e. The van der Waals surface area contributed by atoms with Gasteiger partial charge in [-0.1, -0.05) is 20.8 Å². The average Bonchev–Trinajstić information content (AvgIpc) is 1.12. The monoisotopic (exact) mass is 226 g/mol. The third kappa shape index (κ3) is 340. The predicted octanol–water partition coefficient (Wildman–Crippen LogP) is -2.67. The second-order valence-corrected chi connectivity index (χ2v) is 5.84. The van der Waals surface area contributed by atoms with Gasteiger partial charge in [-0.3, -0.25) is 0 Å². The molecule has 0 rings (SSSR count). The Morgan fingerprint density at radius 1 is 1.27 bits per heavy atom. The van der Waals surface area contributed by atoms with E-state index in [-0.39, 0.29) is 51.4 Å². The van der Waals surface area contributed by atoms with Crippen LogP contribution >= 0.6 is 10.7 Å². The Morgan fingerprint density at radius 3 is 1.27 bits per heavy atom. The Balaban J connectivity index is -0.000000107. The molecular formula is C5H12ClKO3S. The number of hydrogen-bond donors (Lipinski definition) is 0. The topological polar surface area (TPSA) is 57.2 Å². The first-order chi connectivity index (χ1) is 4.00. The number of rotatable bonds is 0. The summed E-state index contributed by atoms with van der Waals surface area (Å²) in [7, 11) is 1.31. The van der Waals surface area contributed by atoms with Gasteiger partial charge < -0.3 is 5.11 Å². The van der Waals surface area contributed by atoms with Crippen LogP contribution in [0.15, 0.2) is 0 Å². The summed E-state index contributed by atoms with van der Waals surface area (Å²) in [5.74, 6) is 0. The molecule has 0 aliphatic heterocycles. The van der Waals surface area contributed by atoms with E-state index in [1.165, 1.54) is 0 Å². The molecule has 0 saturated heterocycles. The molecular weight excluding hydrogens is 215 g/mol. The van der Waals surface area contributed by atoms with Crippen LogP contribution in [0.25, 0.3) is 0 Å². The fourth-order valence-electron chi connectivity index (χ4n) is 0. The Bertz CT molecular complexity index is 157. The van der Waals surface area contributed by atoms with Crippen LogP contribution in [0.2, 0.25) is 0 Å². The molecule has 0 fully saturated rings. The van der Waals surface area contributed by atoms with Gasteiger partial charge in [0.1, 0.15) is 0 Å². The van der Waals surface area contributed by atoms with Gasteiger partial charge in [0.2, 0.25) is 9.05 Å². The van der Waals surface area contributed by atoms with Crippen molar-refractivity contribution in [2.45, 2.75) is 26.4 Å². The summed E-state index contributed by atoms with van der Waals surface area (Å²) < 4.78 is 18.8. The number of hydrogen-bond acceptors (Lipinski definition) is 3. The molecule has 0 radical (unpaired) electrons. The summed E-state index contributed by atoms with van der Waals surface area (Å²) in [6.45, 7) is 4.90. The van der Waals surface area contributed by atoms with Crippen LogP contribution in [0, 0.1) is 0 Å². The SMILES string of the molecule is CC(C)(C)[O-].CS(=O)(=O)Cl.[K+]. The molecule has 0 aromatic heterocycles. The van der Waals surface area contributed by atoms with Crippen molar-refractivity contribution < 1.29 is 64.9 Å². The van der Waals surface area contributed by atoms with E-state index in [4.69, 9.17) is 0 Å². The molecule has 0 heterocycles. The van der Waals surface area contributed by atoms with Crippen molar-refractivity contribution in [2.75, 3.05) is 6.26 Å². The minimum atomic E-state index is -3.19. The maximum absolute atomic E-state index is 10.1. The molecule has 11 heavy (non-hydrogen) atoms. The third-order valence-corrected chi connectivity index (χ3v) is 0. The fraction of sp³-hybridized carbons (Fsp3) is 1.00. The van der Waals surface area contributed by atoms with Crippen molar-refractivity contribution in [1.29, 1.82) is 0 Å². The zero-order valence-electron chi connectivity index (χ0n) is 7.51. The molecule has 0 N–H and O–H groups in total. The molecule has 0 unspecified atom stereocenters. The van der Waals surface area contributed by atoms with Crippen LogP contribution in [-0.4, -0.2) is 20.3 Å². The minimum Gasteiger partial charge on any atom is -0.850 e. The van der Waals surface area contributed by atoms with E-state index >= 15 is 0 Å². The zero-order chi connectivity index (χ0) is 9.00. The normalized spacial score (nSPS) is 10.7. The van der Waals surface area contributed by atoms with E-state index in [1.54, 1.807) is 20.8 Å². The van der Waals surface area contributed by atoms with Crippen LogP contribution in [0.5, 0.6) is 0 Å². The van der Waals surface area contributed by atoms with Gasteiger partial charge in [0.15, 0.2) is 0 Å². The molecule has 0 amide bonds. The van der Waals surface area contributed by atoms with Gasteiger partial charge in [0.05, 0.1) is 6.26 Å². The standard InChI is InChI=1S/C4H9O.CH3ClO2S.K/c1-4(2,3)5;1-5(2,3)4;/h1-3H3;1H3;/q-1;;+1. The first-order valence-electron chi connectivity index (χ1n) is 2.60. The van der Waals surface area contributed by atoms with E-state index in [9.17, 15) is 13.5 Å². The average molecular weight is 227 g/mol. The number of halogens is 1. The molecule has 0 atom stereocenters. The fourth-order valence-corrected chi connectivity index (χ4v) is 0. The van der Waals surface area contributed by atoms with E-state index in [0.717, 1.165) is 6.26 Å². The molecule has 0 bridgehead atoms. The third-order valence-electron chi connectivity index (χ3n) is 0. The molecule has 0 aromatic rings. The molecule has 0 aliphatic rings. The molecule has 3 nitrogen and oxygen atoms in total. The van der Waals surface area contributed by atoms with Gasteiger partial charge >= 0.3 is 51.4 Å². The Labute approximate surface area is 115 Å². The van der Waals surface area contributed by atoms with Crippen molar-refractivity contribution in [3.8, 4) is 0 Å². The van der Waals surface area contributed by atoms with Crippen LogP contribution in [0.4, 0.5) is 0 Å². The first kappa shape index (κ1) is 18.6. The zero-order valence-corrected chi connectivity index (χ0v) is 12.2. The van der Waals surface area contributed by atoms with Crippen LogP contribution in [0.3, 0.4) is 0 Å². The first-order valence-corrected chi connectivity index (χ1v) is 5.32. The summed E-state index contributed by atoms with van der Waals surface area (Å²) in [4.78, 5) is 0. The molecule has 0 aromatic carbocycles. The van der Waals surface area contributed by atoms with Crippen LogP contribution in [-0.2, 0) is 9.05 Å². The van der Waals surface area contributed by atoms with Crippen LogP contribution < -0.4 is 56.5 Å². The minimum absolute atomic E-state index is 0. The summed E-state index contributed by atoms with van der Waals surface area (Å²) in [5.41, 5.74) is -0.750. The Kier molecular flexibility index (Phi) is 12.3. The second-order valence-electron chi connectivity index (χ2n) is 2.79. The van der Waals surface area contributed by atoms with E-state index in [2.05, 4.69) is 10.7 Å². The van der Waals surface area contributed by atoms with Gasteiger partial charge in [-0.05, 0) is 0 Å². The molecule has 0 saturated carbocycles. The van der Waals surface area contributed by atoms with Crippen molar-refractivity contribution in [3.63, 3.8) is 0 Å². The summed E-state index contributed by atoms with van der Waals surface area (Å²) in [5, 5.41) is 10.1. The maximum Gasteiger partial charge on any atom is 1.00 e. The van der Waals surface area contributed by atoms with Gasteiger partial charge in [-0.2, -0.15) is 0 Å². The summed E-state index contributed by atoms with van der Waals surface area (Å²) in [6.07, 6.45) is 0.925. The van der Waals surface area contributed by atoms with Gasteiger partial charge in [-0.25, -0.2) is 8.42 Å². The van der Waals surface area contributed by atoms with Crippen molar-refractivity contribution in [2.24, 2.45) is 0 Å². The molecule has 0 aliphatic carbocycles. The van der Waals surface area contributed by atoms with Gasteiger partial charge in [-0.15, -0.1) is 5.60 Å². The second kappa shape index (κ2) is 7.26. The van der Waals surface area contributed by atoms with Gasteiger partial charge in [0.25, 0.3) is 0 Å². The summed E-state index contributed by atoms with van der Waals surface area (Å²) in [6, 6.07) is 0. The van der Waals surface area contributed by atoms with E-state index < -0.39 is 14.7 Å². The molecule has 0 spiro atoms. The quantitative estimate of drug-likeness (QED) is 0.335. The Hall–Kier alpha value is 1.84. The van der Waals surface area contributed by atoms with Crippen molar-refractivity contribution in [3.05, 3.63) is 0 Å². The van der Waals surface area contributed by atoms with Crippen molar-refractivity contribution in [1.82, 2.24) is 0 Å².